The number of rotatable bonds is 4. The Balaban J connectivity index is 1.33. The van der Waals surface area contributed by atoms with Crippen LogP contribution in [0.3, 0.4) is 0 Å². The molecule has 2 aromatic carbocycles. The number of oxazole rings is 1. The molecule has 0 aliphatic carbocycles. The molecule has 0 bridgehead atoms. The van der Waals surface area contributed by atoms with E-state index in [0.29, 0.717) is 34.0 Å². The van der Waals surface area contributed by atoms with E-state index in [1.165, 1.54) is 6.20 Å². The number of benzene rings is 2. The Bertz CT molecular complexity index is 1200. The lowest BCUT2D eigenvalue weighted by Crippen LogP contribution is -2.15. The van der Waals surface area contributed by atoms with Crippen molar-refractivity contribution in [1.82, 2.24) is 15.0 Å². The van der Waals surface area contributed by atoms with Gasteiger partial charge in [-0.05, 0) is 31.2 Å². The summed E-state index contributed by atoms with van der Waals surface area (Å²) in [7, 11) is 0. The number of fused-ring (bicyclic) bond motifs is 2. The van der Waals surface area contributed by atoms with E-state index >= 15 is 0 Å². The Kier molecular flexibility index (Phi) is 3.98. The largest absolute Gasteiger partial charge is 0.454 e. The molecular formula is C20H15N5O4. The van der Waals surface area contributed by atoms with E-state index in [9.17, 15) is 4.79 Å². The number of aromatic nitrogens is 3. The number of aryl methyl sites for hydroxylation is 1. The van der Waals surface area contributed by atoms with Crippen LogP contribution < -0.4 is 20.1 Å². The van der Waals surface area contributed by atoms with Gasteiger partial charge in [-0.3, -0.25) is 10.1 Å². The minimum absolute atomic E-state index is 0.175. The summed E-state index contributed by atoms with van der Waals surface area (Å²) in [6.45, 7) is 1.90. The molecule has 0 saturated heterocycles. The number of hydrogen-bond acceptors (Lipinski definition) is 8. The quantitative estimate of drug-likeness (QED) is 0.544. The predicted octanol–water partition coefficient (Wildman–Crippen LogP) is 3.65. The zero-order valence-electron chi connectivity index (χ0n) is 15.3. The second-order valence-corrected chi connectivity index (χ2v) is 6.33. The molecule has 2 aromatic heterocycles. The van der Waals surface area contributed by atoms with Gasteiger partial charge in [-0.1, -0.05) is 12.1 Å². The minimum Gasteiger partial charge on any atom is -0.454 e. The molecule has 1 aliphatic heterocycles. The summed E-state index contributed by atoms with van der Waals surface area (Å²) in [6.07, 6.45) is 1.45. The molecule has 0 atom stereocenters. The van der Waals surface area contributed by atoms with E-state index in [1.54, 1.807) is 25.1 Å². The van der Waals surface area contributed by atoms with Gasteiger partial charge in [-0.15, -0.1) is 0 Å². The fourth-order valence-corrected chi connectivity index (χ4v) is 2.94. The lowest BCUT2D eigenvalue weighted by atomic mass is 10.2. The van der Waals surface area contributed by atoms with Gasteiger partial charge in [0.15, 0.2) is 17.1 Å². The number of anilines is 3. The van der Waals surface area contributed by atoms with E-state index in [0.717, 1.165) is 5.52 Å². The molecule has 1 aliphatic rings. The molecule has 0 radical (unpaired) electrons. The Hall–Kier alpha value is -4.14. The van der Waals surface area contributed by atoms with E-state index in [2.05, 4.69) is 25.6 Å². The maximum absolute atomic E-state index is 12.6. The fraction of sp³-hybridized carbons (Fsp3) is 0.100. The van der Waals surface area contributed by atoms with Crippen molar-refractivity contribution in [2.45, 2.75) is 6.92 Å². The van der Waals surface area contributed by atoms with Gasteiger partial charge in [0.2, 0.25) is 12.7 Å². The molecule has 4 aromatic rings. The summed E-state index contributed by atoms with van der Waals surface area (Å²) in [5, 5.41) is 5.73. The molecule has 2 N–H and O–H groups in total. The van der Waals surface area contributed by atoms with Gasteiger partial charge in [-0.25, -0.2) is 9.97 Å². The van der Waals surface area contributed by atoms with Crippen LogP contribution in [0, 0.1) is 6.92 Å². The number of carbonyl (C=O) groups excluding carboxylic acids is 1. The van der Waals surface area contributed by atoms with Crippen LogP contribution >= 0.6 is 0 Å². The standard InChI is InChI=1S/C20H15N5O4/c1-11-13(18(26)23-12-6-7-16-17(8-12)28-10-27-16)9-21-19(22-11)25-20-24-14-4-2-3-5-15(14)29-20/h2-9H,10H2,1H3,(H,23,26)(H,21,22,24,25). The third kappa shape index (κ3) is 3.29. The Morgan fingerprint density at radius 2 is 1.93 bits per heavy atom. The van der Waals surface area contributed by atoms with Crippen molar-refractivity contribution in [3.05, 3.63) is 59.9 Å². The van der Waals surface area contributed by atoms with Crippen LogP contribution in [0.4, 0.5) is 17.7 Å². The number of para-hydroxylation sites is 2. The predicted molar refractivity (Wildman–Crippen MR) is 105 cm³/mol. The number of hydrogen-bond donors (Lipinski definition) is 2. The van der Waals surface area contributed by atoms with E-state index < -0.39 is 0 Å². The van der Waals surface area contributed by atoms with Crippen LogP contribution in [0.25, 0.3) is 11.1 Å². The Labute approximate surface area is 164 Å². The Morgan fingerprint density at radius 3 is 2.79 bits per heavy atom. The molecule has 0 unspecified atom stereocenters. The van der Waals surface area contributed by atoms with Crippen LogP contribution in [-0.4, -0.2) is 27.7 Å². The smallest absolute Gasteiger partial charge is 0.302 e. The molecule has 3 heterocycles. The lowest BCUT2D eigenvalue weighted by molar-refractivity contribution is 0.102. The van der Waals surface area contributed by atoms with Crippen LogP contribution in [0.15, 0.2) is 53.1 Å². The topological polar surface area (TPSA) is 111 Å². The maximum Gasteiger partial charge on any atom is 0.302 e. The molecule has 9 heteroatoms. The molecule has 5 rings (SSSR count). The molecule has 1 amide bonds. The van der Waals surface area contributed by atoms with Crippen molar-refractivity contribution in [1.29, 1.82) is 0 Å². The number of nitrogens with one attached hydrogen (secondary N) is 2. The first kappa shape index (κ1) is 17.0. The summed E-state index contributed by atoms with van der Waals surface area (Å²) < 4.78 is 16.2. The highest BCUT2D eigenvalue weighted by molar-refractivity contribution is 6.05. The number of amides is 1. The molecular weight excluding hydrogens is 374 g/mol. The van der Waals surface area contributed by atoms with Crippen LogP contribution in [0.1, 0.15) is 16.1 Å². The SMILES string of the molecule is Cc1nc(Nc2nc3ccccc3o2)ncc1C(=O)Nc1ccc2c(c1)OCO2. The fourth-order valence-electron chi connectivity index (χ4n) is 2.94. The monoisotopic (exact) mass is 389 g/mol. The zero-order valence-corrected chi connectivity index (χ0v) is 15.3. The number of carbonyl (C=O) groups is 1. The van der Waals surface area contributed by atoms with E-state index in [1.807, 2.05) is 24.3 Å². The number of nitrogens with zero attached hydrogens (tertiary/aromatic N) is 3. The first-order valence-electron chi connectivity index (χ1n) is 8.83. The van der Waals surface area contributed by atoms with E-state index in [-0.39, 0.29) is 24.7 Å². The van der Waals surface area contributed by atoms with Crippen molar-refractivity contribution < 1.29 is 18.7 Å². The van der Waals surface area contributed by atoms with E-state index in [4.69, 9.17) is 13.9 Å². The van der Waals surface area contributed by atoms with Crippen molar-refractivity contribution in [3.63, 3.8) is 0 Å². The third-order valence-electron chi connectivity index (χ3n) is 4.37. The van der Waals surface area contributed by atoms with Gasteiger partial charge < -0.3 is 19.2 Å². The normalized spacial score (nSPS) is 12.2. The first-order valence-corrected chi connectivity index (χ1v) is 8.83. The molecule has 9 nitrogen and oxygen atoms in total. The summed E-state index contributed by atoms with van der Waals surface area (Å²) in [5.41, 5.74) is 2.84. The number of ether oxygens (including phenoxy) is 2. The van der Waals surface area contributed by atoms with Crippen LogP contribution in [0.5, 0.6) is 11.5 Å². The summed E-state index contributed by atoms with van der Waals surface area (Å²) in [5.74, 6) is 1.20. The summed E-state index contributed by atoms with van der Waals surface area (Å²) in [6, 6.07) is 12.9. The van der Waals surface area contributed by atoms with Crippen molar-refractivity contribution in [3.8, 4) is 11.5 Å². The summed E-state index contributed by atoms with van der Waals surface area (Å²) >= 11 is 0. The van der Waals surface area contributed by atoms with Gasteiger partial charge in [-0.2, -0.15) is 4.98 Å². The lowest BCUT2D eigenvalue weighted by Gasteiger charge is -2.09. The zero-order chi connectivity index (χ0) is 19.8. The van der Waals surface area contributed by atoms with Crippen LogP contribution in [0.2, 0.25) is 0 Å². The minimum atomic E-state index is -0.324. The second-order valence-electron chi connectivity index (χ2n) is 6.33. The average molecular weight is 389 g/mol. The summed E-state index contributed by atoms with van der Waals surface area (Å²) in [4.78, 5) is 25.5. The van der Waals surface area contributed by atoms with Crippen molar-refractivity contribution >= 4 is 34.7 Å². The molecule has 144 valence electrons. The second kappa shape index (κ2) is 6.79. The molecule has 0 fully saturated rings. The van der Waals surface area contributed by atoms with Crippen molar-refractivity contribution in [2.24, 2.45) is 0 Å². The highest BCUT2D eigenvalue weighted by atomic mass is 16.7. The van der Waals surface area contributed by atoms with Gasteiger partial charge >= 0.3 is 6.01 Å². The average Bonchev–Trinajstić information content (AvgIpc) is 3.33. The van der Waals surface area contributed by atoms with Gasteiger partial charge in [0.1, 0.15) is 5.52 Å². The van der Waals surface area contributed by atoms with Crippen molar-refractivity contribution in [2.75, 3.05) is 17.4 Å². The highest BCUT2D eigenvalue weighted by Gasteiger charge is 2.17. The first-order chi connectivity index (χ1) is 14.2. The molecule has 0 spiro atoms. The van der Waals surface area contributed by atoms with Gasteiger partial charge in [0.25, 0.3) is 5.91 Å². The molecule has 0 saturated carbocycles. The van der Waals surface area contributed by atoms with Gasteiger partial charge in [0.05, 0.1) is 11.3 Å². The highest BCUT2D eigenvalue weighted by Crippen LogP contribution is 2.34. The third-order valence-corrected chi connectivity index (χ3v) is 4.37. The van der Waals surface area contributed by atoms with Gasteiger partial charge in [0, 0.05) is 18.0 Å². The molecule has 29 heavy (non-hydrogen) atoms. The Morgan fingerprint density at radius 1 is 1.07 bits per heavy atom. The van der Waals surface area contributed by atoms with Crippen LogP contribution in [-0.2, 0) is 0 Å². The maximum atomic E-state index is 12.6.